The molecule has 2 rings (SSSR count). The van der Waals surface area contributed by atoms with E-state index >= 15 is 0 Å². The highest BCUT2D eigenvalue weighted by Gasteiger charge is 2.22. The molecule has 2 N–H and O–H groups in total. The molecule has 0 aromatic heterocycles. The number of benzene rings is 2. The second-order valence-electron chi connectivity index (χ2n) is 7.13. The largest absolute Gasteiger partial charge is 0.493 e. The molecule has 7 nitrogen and oxygen atoms in total. The maximum atomic E-state index is 12.7. The molecule has 2 aromatic rings. The van der Waals surface area contributed by atoms with Crippen LogP contribution in [0.4, 0.5) is 0 Å². The Morgan fingerprint density at radius 1 is 1.13 bits per heavy atom. The Bertz CT molecular complexity index is 949. The average molecular weight is 511 g/mol. The van der Waals surface area contributed by atoms with Crippen LogP contribution in [0.15, 0.2) is 46.0 Å². The summed E-state index contributed by atoms with van der Waals surface area (Å²) in [4.78, 5) is 25.2. The quantitative estimate of drug-likeness (QED) is 0.386. The number of nitrogens with one attached hydrogen (secondary N) is 2. The molecule has 0 saturated carbocycles. The van der Waals surface area contributed by atoms with Crippen LogP contribution in [-0.2, 0) is 4.79 Å². The van der Waals surface area contributed by atoms with Gasteiger partial charge >= 0.3 is 0 Å². The van der Waals surface area contributed by atoms with Crippen LogP contribution < -0.4 is 20.2 Å². The Hall–Kier alpha value is -2.58. The maximum Gasteiger partial charge on any atom is 0.262 e. The number of amides is 2. The molecule has 1 unspecified atom stereocenters. The van der Waals surface area contributed by atoms with Gasteiger partial charge in [-0.25, -0.2) is 5.43 Å². The van der Waals surface area contributed by atoms with Gasteiger partial charge in [0.2, 0.25) is 0 Å². The number of methoxy groups -OCH3 is 2. The van der Waals surface area contributed by atoms with Crippen LogP contribution >= 0.6 is 27.5 Å². The van der Waals surface area contributed by atoms with Crippen LogP contribution in [0.2, 0.25) is 5.02 Å². The van der Waals surface area contributed by atoms with Crippen molar-refractivity contribution in [2.45, 2.75) is 26.3 Å². The lowest BCUT2D eigenvalue weighted by atomic mass is 10.0. The molecule has 0 spiro atoms. The summed E-state index contributed by atoms with van der Waals surface area (Å²) in [5.74, 6) is 0.516. The summed E-state index contributed by atoms with van der Waals surface area (Å²) < 4.78 is 11.3. The van der Waals surface area contributed by atoms with Gasteiger partial charge in [0.15, 0.2) is 11.5 Å². The Labute approximate surface area is 195 Å². The van der Waals surface area contributed by atoms with E-state index in [-0.39, 0.29) is 11.8 Å². The fourth-order valence-electron chi connectivity index (χ4n) is 2.76. The second kappa shape index (κ2) is 11.7. The number of hydrogen-bond acceptors (Lipinski definition) is 5. The van der Waals surface area contributed by atoms with Crippen LogP contribution in [0, 0.1) is 5.92 Å². The third-order valence-electron chi connectivity index (χ3n) is 4.32. The van der Waals surface area contributed by atoms with Crippen LogP contribution in [-0.4, -0.2) is 38.3 Å². The van der Waals surface area contributed by atoms with Crippen molar-refractivity contribution in [1.29, 1.82) is 0 Å². The molecule has 0 aliphatic rings. The SMILES string of the molecule is COc1cc(Br)c(/C=N/NC(=O)C(CC(C)C)NC(=O)c2ccc(Cl)cc2)cc1OC. The lowest BCUT2D eigenvalue weighted by Gasteiger charge is -2.19. The fraction of sp³-hybridized carbons (Fsp3) is 0.318. The normalized spacial score (nSPS) is 12.0. The monoisotopic (exact) mass is 509 g/mol. The third-order valence-corrected chi connectivity index (χ3v) is 5.26. The van der Waals surface area contributed by atoms with E-state index in [2.05, 4.69) is 31.8 Å². The van der Waals surface area contributed by atoms with E-state index in [9.17, 15) is 9.59 Å². The molecular weight excluding hydrogens is 486 g/mol. The number of nitrogens with zero attached hydrogens (tertiary/aromatic N) is 1. The lowest BCUT2D eigenvalue weighted by molar-refractivity contribution is -0.123. The third kappa shape index (κ3) is 7.25. The molecule has 2 amide bonds. The number of hydrogen-bond donors (Lipinski definition) is 2. The van der Waals surface area contributed by atoms with Gasteiger partial charge in [0.1, 0.15) is 6.04 Å². The predicted molar refractivity (Wildman–Crippen MR) is 125 cm³/mol. The molecular formula is C22H25BrClN3O4. The Balaban J connectivity index is 2.10. The first-order valence-electron chi connectivity index (χ1n) is 9.56. The first-order chi connectivity index (χ1) is 14.7. The van der Waals surface area contributed by atoms with Crippen LogP contribution in [0.1, 0.15) is 36.2 Å². The van der Waals surface area contributed by atoms with Crippen LogP contribution in [0.5, 0.6) is 11.5 Å². The van der Waals surface area contributed by atoms with Gasteiger partial charge in [-0.05, 0) is 64.7 Å². The Morgan fingerprint density at radius 2 is 1.74 bits per heavy atom. The highest BCUT2D eigenvalue weighted by Crippen LogP contribution is 2.32. The van der Waals surface area contributed by atoms with E-state index in [1.54, 1.807) is 43.5 Å². The van der Waals surface area contributed by atoms with E-state index in [0.29, 0.717) is 34.1 Å². The van der Waals surface area contributed by atoms with E-state index in [4.69, 9.17) is 21.1 Å². The first-order valence-corrected chi connectivity index (χ1v) is 10.7. The topological polar surface area (TPSA) is 89.0 Å². The van der Waals surface area contributed by atoms with Crippen molar-refractivity contribution in [2.24, 2.45) is 11.0 Å². The number of halogens is 2. The molecule has 0 saturated heterocycles. The zero-order chi connectivity index (χ0) is 23.0. The van der Waals surface area contributed by atoms with E-state index in [0.717, 1.165) is 4.47 Å². The zero-order valence-corrected chi connectivity index (χ0v) is 20.1. The highest BCUT2D eigenvalue weighted by molar-refractivity contribution is 9.10. The Kier molecular flexibility index (Phi) is 9.33. The molecule has 0 heterocycles. The summed E-state index contributed by atoms with van der Waals surface area (Å²) in [6.07, 6.45) is 1.94. The minimum absolute atomic E-state index is 0.185. The number of rotatable bonds is 9. The van der Waals surface area contributed by atoms with Crippen molar-refractivity contribution in [3.05, 3.63) is 57.0 Å². The van der Waals surface area contributed by atoms with Crippen molar-refractivity contribution in [2.75, 3.05) is 14.2 Å². The van der Waals surface area contributed by atoms with Gasteiger partial charge in [-0.2, -0.15) is 5.10 Å². The summed E-state index contributed by atoms with van der Waals surface area (Å²) in [5, 5.41) is 7.33. The molecule has 2 aromatic carbocycles. The van der Waals surface area contributed by atoms with Gasteiger partial charge in [0.25, 0.3) is 11.8 Å². The molecule has 0 aliphatic heterocycles. The van der Waals surface area contributed by atoms with Crippen molar-refractivity contribution in [1.82, 2.24) is 10.7 Å². The summed E-state index contributed by atoms with van der Waals surface area (Å²) in [6.45, 7) is 3.94. The highest BCUT2D eigenvalue weighted by atomic mass is 79.9. The first kappa shape index (κ1) is 24.7. The minimum Gasteiger partial charge on any atom is -0.493 e. The summed E-state index contributed by atoms with van der Waals surface area (Å²) in [6, 6.07) is 9.19. The van der Waals surface area contributed by atoms with Gasteiger partial charge < -0.3 is 14.8 Å². The van der Waals surface area contributed by atoms with Gasteiger partial charge in [0, 0.05) is 20.6 Å². The predicted octanol–water partition coefficient (Wildman–Crippen LogP) is 4.41. The number of carbonyl (C=O) groups excluding carboxylic acids is 2. The van der Waals surface area contributed by atoms with E-state index in [1.165, 1.54) is 13.3 Å². The average Bonchev–Trinajstić information content (AvgIpc) is 2.74. The Morgan fingerprint density at radius 3 is 2.32 bits per heavy atom. The van der Waals surface area contributed by atoms with Gasteiger partial charge in [-0.1, -0.05) is 25.4 Å². The molecule has 0 fully saturated rings. The molecule has 31 heavy (non-hydrogen) atoms. The number of carbonyl (C=O) groups is 2. The maximum absolute atomic E-state index is 12.7. The fourth-order valence-corrected chi connectivity index (χ4v) is 3.31. The molecule has 166 valence electrons. The van der Waals surface area contributed by atoms with Crippen molar-refractivity contribution < 1.29 is 19.1 Å². The number of ether oxygens (including phenoxy) is 2. The molecule has 1 atom stereocenters. The molecule has 9 heteroatoms. The number of hydrazone groups is 1. The van der Waals surface area contributed by atoms with Crippen molar-refractivity contribution in [3.63, 3.8) is 0 Å². The van der Waals surface area contributed by atoms with E-state index < -0.39 is 11.9 Å². The summed E-state index contributed by atoms with van der Waals surface area (Å²) in [7, 11) is 3.08. The second-order valence-corrected chi connectivity index (χ2v) is 8.42. The molecule has 0 bridgehead atoms. The van der Waals surface area contributed by atoms with Crippen LogP contribution in [0.25, 0.3) is 0 Å². The standard InChI is InChI=1S/C22H25BrClN3O4/c1-13(2)9-18(26-21(28)14-5-7-16(24)8-6-14)22(29)27-25-12-15-10-19(30-3)20(31-4)11-17(15)23/h5-8,10-13,18H,9H2,1-4H3,(H,26,28)(H,27,29)/b25-12+. The van der Waals surface area contributed by atoms with Crippen LogP contribution in [0.3, 0.4) is 0 Å². The molecule has 0 aliphatic carbocycles. The zero-order valence-electron chi connectivity index (χ0n) is 17.7. The van der Waals surface area contributed by atoms with Crippen molar-refractivity contribution >= 4 is 45.6 Å². The van der Waals surface area contributed by atoms with Crippen molar-refractivity contribution in [3.8, 4) is 11.5 Å². The van der Waals surface area contributed by atoms with Gasteiger partial charge in [-0.15, -0.1) is 0 Å². The van der Waals surface area contributed by atoms with E-state index in [1.807, 2.05) is 13.8 Å². The minimum atomic E-state index is -0.742. The lowest BCUT2D eigenvalue weighted by Crippen LogP contribution is -2.46. The summed E-state index contributed by atoms with van der Waals surface area (Å²) in [5.41, 5.74) is 3.60. The molecule has 0 radical (unpaired) electrons. The van der Waals surface area contributed by atoms with Gasteiger partial charge in [-0.3, -0.25) is 9.59 Å². The summed E-state index contributed by atoms with van der Waals surface area (Å²) >= 11 is 9.30. The van der Waals surface area contributed by atoms with Gasteiger partial charge in [0.05, 0.1) is 20.4 Å². The smallest absolute Gasteiger partial charge is 0.262 e.